The average molecular weight is 559 g/mol. The maximum Gasteiger partial charge on any atom is 0.363 e. The van der Waals surface area contributed by atoms with Gasteiger partial charge < -0.3 is 9.47 Å². The summed E-state index contributed by atoms with van der Waals surface area (Å²) in [5.74, 6) is -0.0672. The maximum atomic E-state index is 12.1. The highest BCUT2D eigenvalue weighted by Crippen LogP contribution is 2.30. The van der Waals surface area contributed by atoms with E-state index >= 15 is 0 Å². The first-order chi connectivity index (χ1) is 11.9. The molecule has 3 rings (SSSR count). The second-order valence-corrected chi connectivity index (χ2v) is 7.43. The van der Waals surface area contributed by atoms with E-state index in [1.54, 1.807) is 6.08 Å². The standard InChI is InChI=1S/C18H11I2NO4/c1-10(22)24-16-13(19)7-11(8-14(16)20)9-15-18(23)25-17(21-15)12-5-3-2-4-6-12/h2-9H,1H3. The van der Waals surface area contributed by atoms with Crippen LogP contribution in [0.15, 0.2) is 53.2 Å². The molecule has 0 aliphatic carbocycles. The Bertz CT molecular complexity index is 897. The fourth-order valence-electron chi connectivity index (χ4n) is 2.18. The van der Waals surface area contributed by atoms with Gasteiger partial charge in [-0.2, -0.15) is 0 Å². The van der Waals surface area contributed by atoms with Crippen LogP contribution in [0, 0.1) is 7.14 Å². The number of ether oxygens (including phenoxy) is 2. The van der Waals surface area contributed by atoms with Gasteiger partial charge in [0.15, 0.2) is 11.4 Å². The Labute approximate surface area is 171 Å². The van der Waals surface area contributed by atoms with Crippen LogP contribution < -0.4 is 4.74 Å². The van der Waals surface area contributed by atoms with Crippen molar-refractivity contribution in [1.82, 2.24) is 0 Å². The van der Waals surface area contributed by atoms with E-state index in [4.69, 9.17) is 9.47 Å². The highest BCUT2D eigenvalue weighted by Gasteiger charge is 2.24. The van der Waals surface area contributed by atoms with Crippen molar-refractivity contribution in [3.8, 4) is 5.75 Å². The smallest absolute Gasteiger partial charge is 0.363 e. The minimum Gasteiger partial charge on any atom is -0.424 e. The van der Waals surface area contributed by atoms with Crippen LogP contribution in [0.1, 0.15) is 18.1 Å². The molecule has 0 atom stereocenters. The molecule has 126 valence electrons. The molecule has 7 heteroatoms. The second-order valence-electron chi connectivity index (χ2n) is 5.11. The van der Waals surface area contributed by atoms with Crippen LogP contribution in [-0.2, 0) is 14.3 Å². The predicted molar refractivity (Wildman–Crippen MR) is 110 cm³/mol. The molecule has 1 aliphatic heterocycles. The van der Waals surface area contributed by atoms with Crippen molar-refractivity contribution in [3.05, 3.63) is 66.4 Å². The number of rotatable bonds is 3. The van der Waals surface area contributed by atoms with E-state index < -0.39 is 5.97 Å². The number of carbonyl (C=O) groups is 2. The Morgan fingerprint density at radius 1 is 1.16 bits per heavy atom. The van der Waals surface area contributed by atoms with Gasteiger partial charge >= 0.3 is 11.9 Å². The molecule has 0 unspecified atom stereocenters. The third kappa shape index (κ3) is 4.27. The summed E-state index contributed by atoms with van der Waals surface area (Å²) in [4.78, 5) is 27.5. The molecular weight excluding hydrogens is 548 g/mol. The normalized spacial score (nSPS) is 15.1. The van der Waals surface area contributed by atoms with E-state index in [0.717, 1.165) is 18.3 Å². The molecule has 1 heterocycles. The fraction of sp³-hybridized carbons (Fsp3) is 0.0556. The second kappa shape index (κ2) is 7.65. The zero-order valence-electron chi connectivity index (χ0n) is 13.0. The fourth-order valence-corrected chi connectivity index (χ4v) is 4.21. The number of carbonyl (C=O) groups excluding carboxylic acids is 2. The molecule has 0 radical (unpaired) electrons. The lowest BCUT2D eigenvalue weighted by Gasteiger charge is -2.08. The molecule has 0 N–H and O–H groups in total. The number of esters is 2. The SMILES string of the molecule is CC(=O)Oc1c(I)cc(C=C2N=C(c3ccccc3)OC2=O)cc1I. The number of nitrogens with zero attached hydrogens (tertiary/aromatic N) is 1. The Morgan fingerprint density at radius 3 is 2.40 bits per heavy atom. The summed E-state index contributed by atoms with van der Waals surface area (Å²) in [6.45, 7) is 1.36. The summed E-state index contributed by atoms with van der Waals surface area (Å²) in [6, 6.07) is 12.9. The average Bonchev–Trinajstić information content (AvgIpc) is 2.92. The van der Waals surface area contributed by atoms with Crippen molar-refractivity contribution in [1.29, 1.82) is 0 Å². The maximum absolute atomic E-state index is 12.1. The van der Waals surface area contributed by atoms with Gasteiger partial charge in [-0.25, -0.2) is 9.79 Å². The molecule has 2 aromatic carbocycles. The largest absolute Gasteiger partial charge is 0.424 e. The molecule has 0 spiro atoms. The van der Waals surface area contributed by atoms with E-state index in [1.807, 2.05) is 42.5 Å². The molecule has 0 saturated carbocycles. The van der Waals surface area contributed by atoms with Gasteiger partial charge in [0.2, 0.25) is 5.90 Å². The van der Waals surface area contributed by atoms with Crippen LogP contribution in [-0.4, -0.2) is 17.8 Å². The molecule has 25 heavy (non-hydrogen) atoms. The molecule has 0 aromatic heterocycles. The zero-order chi connectivity index (χ0) is 18.0. The van der Waals surface area contributed by atoms with E-state index in [-0.39, 0.29) is 17.6 Å². The van der Waals surface area contributed by atoms with Gasteiger partial charge in [-0.1, -0.05) is 18.2 Å². The number of aliphatic imine (C=N–C) groups is 1. The Balaban J connectivity index is 1.94. The van der Waals surface area contributed by atoms with Crippen molar-refractivity contribution in [3.63, 3.8) is 0 Å². The van der Waals surface area contributed by atoms with Crippen LogP contribution in [0.4, 0.5) is 0 Å². The first kappa shape index (κ1) is 18.1. The van der Waals surface area contributed by atoms with Gasteiger partial charge in [-0.3, -0.25) is 4.79 Å². The number of hydrogen-bond acceptors (Lipinski definition) is 5. The molecule has 5 nitrogen and oxygen atoms in total. The molecular formula is C18H11I2NO4. The van der Waals surface area contributed by atoms with Gasteiger partial charge in [-0.05, 0) is 81.1 Å². The van der Waals surface area contributed by atoms with Crippen molar-refractivity contribution in [2.45, 2.75) is 6.92 Å². The summed E-state index contributed by atoms with van der Waals surface area (Å²) in [7, 11) is 0. The third-order valence-electron chi connectivity index (χ3n) is 3.21. The first-order valence-corrected chi connectivity index (χ1v) is 9.35. The summed E-state index contributed by atoms with van der Waals surface area (Å²) in [6.07, 6.45) is 1.65. The van der Waals surface area contributed by atoms with Gasteiger partial charge in [0, 0.05) is 12.5 Å². The van der Waals surface area contributed by atoms with E-state index in [2.05, 4.69) is 50.2 Å². The van der Waals surface area contributed by atoms with Gasteiger partial charge in [0.25, 0.3) is 0 Å². The summed E-state index contributed by atoms with van der Waals surface area (Å²) in [5.41, 5.74) is 1.74. The molecule has 0 bridgehead atoms. The van der Waals surface area contributed by atoms with Crippen molar-refractivity contribution in [2.75, 3.05) is 0 Å². The monoisotopic (exact) mass is 559 g/mol. The van der Waals surface area contributed by atoms with E-state index in [1.165, 1.54) is 6.92 Å². The quantitative estimate of drug-likeness (QED) is 0.246. The first-order valence-electron chi connectivity index (χ1n) is 7.19. The lowest BCUT2D eigenvalue weighted by molar-refractivity contribution is -0.132. The van der Waals surface area contributed by atoms with E-state index in [9.17, 15) is 9.59 Å². The molecule has 0 saturated heterocycles. The van der Waals surface area contributed by atoms with Crippen LogP contribution in [0.25, 0.3) is 6.08 Å². The van der Waals surface area contributed by atoms with Crippen LogP contribution >= 0.6 is 45.2 Å². The Morgan fingerprint density at radius 2 is 1.80 bits per heavy atom. The molecule has 1 aliphatic rings. The van der Waals surface area contributed by atoms with Crippen LogP contribution in [0.2, 0.25) is 0 Å². The highest BCUT2D eigenvalue weighted by atomic mass is 127. The third-order valence-corrected chi connectivity index (χ3v) is 4.81. The number of cyclic esters (lactones) is 1. The van der Waals surface area contributed by atoms with Gasteiger partial charge in [0.05, 0.1) is 7.14 Å². The van der Waals surface area contributed by atoms with Gasteiger partial charge in [0.1, 0.15) is 0 Å². The molecule has 0 fully saturated rings. The van der Waals surface area contributed by atoms with Crippen molar-refractivity contribution >= 4 is 69.1 Å². The minimum atomic E-state index is -0.493. The van der Waals surface area contributed by atoms with Crippen molar-refractivity contribution in [2.24, 2.45) is 4.99 Å². The zero-order valence-corrected chi connectivity index (χ0v) is 17.3. The molecule has 2 aromatic rings. The van der Waals surface area contributed by atoms with Crippen LogP contribution in [0.3, 0.4) is 0 Å². The number of hydrogen-bond donors (Lipinski definition) is 0. The number of halogens is 2. The van der Waals surface area contributed by atoms with Gasteiger partial charge in [-0.15, -0.1) is 0 Å². The minimum absolute atomic E-state index is 0.227. The lowest BCUT2D eigenvalue weighted by Crippen LogP contribution is -2.05. The lowest BCUT2D eigenvalue weighted by atomic mass is 10.2. The summed E-state index contributed by atoms with van der Waals surface area (Å²) >= 11 is 4.17. The van der Waals surface area contributed by atoms with E-state index in [0.29, 0.717) is 5.75 Å². The number of benzene rings is 2. The summed E-state index contributed by atoms with van der Waals surface area (Å²) < 4.78 is 12.0. The Kier molecular flexibility index (Phi) is 5.52. The van der Waals surface area contributed by atoms with Crippen LogP contribution in [0.5, 0.6) is 5.75 Å². The predicted octanol–water partition coefficient (Wildman–Crippen LogP) is 4.17. The highest BCUT2D eigenvalue weighted by molar-refractivity contribution is 14.1. The topological polar surface area (TPSA) is 65.0 Å². The molecule has 0 amide bonds. The Hall–Kier alpha value is -1.75. The van der Waals surface area contributed by atoms with Crippen molar-refractivity contribution < 1.29 is 19.1 Å². The summed E-state index contributed by atoms with van der Waals surface area (Å²) in [5, 5.41) is 0.